The summed E-state index contributed by atoms with van der Waals surface area (Å²) in [6, 6.07) is 5.77. The second-order valence-electron chi connectivity index (χ2n) is 11.2. The number of nitrogen functional groups attached to an aromatic ring is 1. The monoisotopic (exact) mass is 483 g/mol. The lowest BCUT2D eigenvalue weighted by atomic mass is 9.72. The summed E-state index contributed by atoms with van der Waals surface area (Å²) in [7, 11) is 0. The number of aromatic nitrogens is 3. The van der Waals surface area contributed by atoms with E-state index < -0.39 is 29.7 Å². The van der Waals surface area contributed by atoms with Crippen LogP contribution in [0.3, 0.4) is 0 Å². The van der Waals surface area contributed by atoms with Gasteiger partial charge in [0, 0.05) is 6.42 Å². The number of nitrogens with zero attached hydrogens (tertiary/aromatic N) is 4. The number of rotatable bonds is 5. The molecule has 0 unspecified atom stereocenters. The van der Waals surface area contributed by atoms with E-state index in [1.165, 1.54) is 10.8 Å². The van der Waals surface area contributed by atoms with Crippen molar-refractivity contribution in [3.05, 3.63) is 24.2 Å². The molecule has 3 aliphatic rings. The second kappa shape index (κ2) is 8.43. The highest BCUT2D eigenvalue weighted by molar-refractivity contribution is 5.69. The number of fused-ring (bicyclic) bond motifs is 2. The molecule has 4 atom stereocenters. The molecule has 0 spiro atoms. The van der Waals surface area contributed by atoms with Gasteiger partial charge in [-0.2, -0.15) is 10.4 Å². The first-order valence-electron chi connectivity index (χ1n) is 12.2. The summed E-state index contributed by atoms with van der Waals surface area (Å²) >= 11 is 0. The third-order valence-corrected chi connectivity index (χ3v) is 7.58. The van der Waals surface area contributed by atoms with Crippen molar-refractivity contribution in [1.82, 2.24) is 14.6 Å². The Kier molecular flexibility index (Phi) is 5.78. The second-order valence-corrected chi connectivity index (χ2v) is 11.2. The smallest absolute Gasteiger partial charge is 0.306 e. The minimum Gasteiger partial charge on any atom is -0.463 e. The van der Waals surface area contributed by atoms with Crippen LogP contribution >= 0.6 is 0 Å². The molecule has 1 aliphatic carbocycles. The fourth-order valence-corrected chi connectivity index (χ4v) is 5.60. The molecule has 2 aliphatic heterocycles. The minimum absolute atomic E-state index is 0.0263. The maximum absolute atomic E-state index is 12.7. The quantitative estimate of drug-likeness (QED) is 0.637. The third-order valence-electron chi connectivity index (χ3n) is 7.58. The van der Waals surface area contributed by atoms with Crippen LogP contribution in [0.2, 0.25) is 0 Å². The molecule has 3 fully saturated rings. The number of carbonyl (C=O) groups excluding carboxylic acids is 1. The van der Waals surface area contributed by atoms with Crippen molar-refractivity contribution in [2.75, 3.05) is 12.3 Å². The van der Waals surface area contributed by atoms with Crippen LogP contribution in [0.5, 0.6) is 0 Å². The molecule has 2 aromatic rings. The van der Waals surface area contributed by atoms with Crippen LogP contribution in [0.4, 0.5) is 5.82 Å². The summed E-state index contributed by atoms with van der Waals surface area (Å²) < 4.78 is 25.8. The number of esters is 1. The Morgan fingerprint density at radius 3 is 2.69 bits per heavy atom. The number of anilines is 1. The fourth-order valence-electron chi connectivity index (χ4n) is 5.60. The summed E-state index contributed by atoms with van der Waals surface area (Å²) in [4.78, 5) is 16.7. The van der Waals surface area contributed by atoms with Crippen molar-refractivity contribution in [3.63, 3.8) is 0 Å². The molecule has 0 amide bonds. The predicted octanol–water partition coefficient (Wildman–Crippen LogP) is 3.10. The van der Waals surface area contributed by atoms with Crippen molar-refractivity contribution in [3.8, 4) is 6.07 Å². The number of nitrogens with two attached hydrogens (primary N) is 1. The van der Waals surface area contributed by atoms with Gasteiger partial charge >= 0.3 is 5.97 Å². The first kappa shape index (κ1) is 24.0. The van der Waals surface area contributed by atoms with Gasteiger partial charge in [0.15, 0.2) is 11.6 Å². The highest BCUT2D eigenvalue weighted by Crippen LogP contribution is 2.49. The molecule has 10 nitrogen and oxygen atoms in total. The van der Waals surface area contributed by atoms with E-state index in [0.717, 1.165) is 25.7 Å². The lowest BCUT2D eigenvalue weighted by Crippen LogP contribution is -2.40. The molecule has 35 heavy (non-hydrogen) atoms. The molecule has 2 N–H and O–H groups in total. The van der Waals surface area contributed by atoms with Crippen LogP contribution in [0.1, 0.15) is 65.5 Å². The highest BCUT2D eigenvalue weighted by Gasteiger charge is 2.65. The number of hydrogen-bond acceptors (Lipinski definition) is 9. The van der Waals surface area contributed by atoms with Gasteiger partial charge < -0.3 is 24.7 Å². The summed E-state index contributed by atoms with van der Waals surface area (Å²) in [6.45, 7) is 8.10. The van der Waals surface area contributed by atoms with Crippen molar-refractivity contribution in [2.24, 2.45) is 11.3 Å². The Morgan fingerprint density at radius 1 is 1.23 bits per heavy atom. The molecule has 0 aromatic carbocycles. The first-order valence-corrected chi connectivity index (χ1v) is 12.2. The van der Waals surface area contributed by atoms with Crippen molar-refractivity contribution in [2.45, 2.75) is 89.5 Å². The number of ether oxygens (including phenoxy) is 4. The van der Waals surface area contributed by atoms with E-state index in [4.69, 9.17) is 24.7 Å². The van der Waals surface area contributed by atoms with Gasteiger partial charge in [0.05, 0.1) is 5.69 Å². The van der Waals surface area contributed by atoms with E-state index in [2.05, 4.69) is 30.0 Å². The van der Waals surface area contributed by atoms with Gasteiger partial charge in [-0.25, -0.2) is 9.50 Å². The SMILES string of the molecule is CC1(C)CCC(CC(=O)OC[C@H]2O[C@@](C#N)(c3ccc4c(N)ncnn34)[C@@H]3OC(C)(C)O[C@@H]32)CC1. The number of nitriles is 1. The van der Waals surface area contributed by atoms with Crippen LogP contribution in [-0.2, 0) is 29.3 Å². The summed E-state index contributed by atoms with van der Waals surface area (Å²) in [6.07, 6.45) is 3.98. The molecular weight excluding hydrogens is 450 g/mol. The lowest BCUT2D eigenvalue weighted by Gasteiger charge is -2.34. The predicted molar refractivity (Wildman–Crippen MR) is 125 cm³/mol. The average molecular weight is 484 g/mol. The van der Waals surface area contributed by atoms with Crippen LogP contribution in [0.15, 0.2) is 18.5 Å². The standard InChI is InChI=1S/C25H33N5O5/c1-23(2)9-7-15(8-10-23)11-19(31)32-12-17-20-21(35-24(3,4)34-20)25(13-26,33-17)18-6-5-16-22(27)28-14-29-30(16)18/h5-6,14-15,17,20-21H,7-12H2,1-4H3,(H2,27,28,29)/t17-,20-,21-,25+/m1/s1. The molecule has 1 saturated carbocycles. The molecule has 4 heterocycles. The normalized spacial score (nSPS) is 31.8. The highest BCUT2D eigenvalue weighted by atomic mass is 16.8. The molecule has 0 radical (unpaired) electrons. The zero-order valence-corrected chi connectivity index (χ0v) is 20.7. The van der Waals surface area contributed by atoms with Gasteiger partial charge in [-0.3, -0.25) is 4.79 Å². The summed E-state index contributed by atoms with van der Waals surface area (Å²) in [5, 5.41) is 14.7. The zero-order valence-electron chi connectivity index (χ0n) is 20.7. The van der Waals surface area contributed by atoms with Crippen LogP contribution in [0.25, 0.3) is 5.52 Å². The van der Waals surface area contributed by atoms with Crippen LogP contribution < -0.4 is 5.73 Å². The van der Waals surface area contributed by atoms with Gasteiger partial charge in [-0.15, -0.1) is 0 Å². The minimum atomic E-state index is -1.53. The Labute approximate surface area is 204 Å². The van der Waals surface area contributed by atoms with Gasteiger partial charge in [0.25, 0.3) is 0 Å². The van der Waals surface area contributed by atoms with Gasteiger partial charge in [-0.05, 0) is 63.0 Å². The summed E-state index contributed by atoms with van der Waals surface area (Å²) in [5.74, 6) is -0.557. The van der Waals surface area contributed by atoms with Crippen molar-refractivity contribution in [1.29, 1.82) is 5.26 Å². The Hall–Kier alpha value is -2.74. The number of hydrogen-bond donors (Lipinski definition) is 1. The van der Waals surface area contributed by atoms with E-state index in [0.29, 0.717) is 29.0 Å². The molecule has 10 heteroatoms. The molecule has 0 bridgehead atoms. The van der Waals surface area contributed by atoms with E-state index in [9.17, 15) is 10.1 Å². The van der Waals surface area contributed by atoms with Crippen LogP contribution in [0, 0.1) is 22.7 Å². The largest absolute Gasteiger partial charge is 0.463 e. The maximum Gasteiger partial charge on any atom is 0.306 e. The third kappa shape index (κ3) is 4.26. The van der Waals surface area contributed by atoms with Gasteiger partial charge in [0.1, 0.15) is 42.8 Å². The first-order chi connectivity index (χ1) is 16.5. The Morgan fingerprint density at radius 2 is 1.97 bits per heavy atom. The van der Waals surface area contributed by atoms with E-state index in [-0.39, 0.29) is 18.4 Å². The number of carbonyl (C=O) groups is 1. The maximum atomic E-state index is 12.7. The average Bonchev–Trinajstić information content (AvgIpc) is 3.45. The molecule has 188 valence electrons. The van der Waals surface area contributed by atoms with E-state index in [1.807, 2.05) is 0 Å². The fraction of sp³-hybridized carbons (Fsp3) is 0.680. The van der Waals surface area contributed by atoms with Gasteiger partial charge in [-0.1, -0.05) is 13.8 Å². The van der Waals surface area contributed by atoms with Crippen molar-refractivity contribution >= 4 is 17.3 Å². The molecule has 2 aromatic heterocycles. The van der Waals surface area contributed by atoms with E-state index >= 15 is 0 Å². The Bertz CT molecular complexity index is 1160. The Balaban J connectivity index is 1.35. The molecule has 2 saturated heterocycles. The molecule has 5 rings (SSSR count). The van der Waals surface area contributed by atoms with Gasteiger partial charge in [0.2, 0.25) is 5.60 Å². The van der Waals surface area contributed by atoms with E-state index in [1.54, 1.807) is 26.0 Å². The van der Waals surface area contributed by atoms with Crippen LogP contribution in [-0.4, -0.2) is 51.3 Å². The molecular formula is C25H33N5O5. The topological polar surface area (TPSA) is 134 Å². The van der Waals surface area contributed by atoms with Crippen molar-refractivity contribution < 1.29 is 23.7 Å². The summed E-state index contributed by atoms with van der Waals surface area (Å²) in [5.41, 5.74) is 5.82. The lowest BCUT2D eigenvalue weighted by molar-refractivity contribution is -0.207. The zero-order chi connectivity index (χ0) is 25.0.